The molecule has 0 aliphatic rings. The predicted molar refractivity (Wildman–Crippen MR) is 147 cm³/mol. The number of Topliss-reactive ketones (excluding diaryl/α,β-unsaturated/α-hetero) is 1. The summed E-state index contributed by atoms with van der Waals surface area (Å²) in [5, 5.41) is 14.5. The number of imidazole rings is 1. The lowest BCUT2D eigenvalue weighted by molar-refractivity contribution is 0.101. The number of para-hydroxylation sites is 1. The molecular formula is C30H30N6O2. The van der Waals surface area contributed by atoms with Crippen molar-refractivity contribution in [3.63, 3.8) is 0 Å². The van der Waals surface area contributed by atoms with Crippen molar-refractivity contribution in [2.75, 3.05) is 0 Å². The van der Waals surface area contributed by atoms with Crippen LogP contribution >= 0.6 is 0 Å². The average molecular weight is 507 g/mol. The third-order valence-electron chi connectivity index (χ3n) is 6.76. The van der Waals surface area contributed by atoms with Gasteiger partial charge in [-0.25, -0.2) is 4.79 Å². The van der Waals surface area contributed by atoms with Gasteiger partial charge in [0.05, 0.1) is 12.2 Å². The second kappa shape index (κ2) is 11.2. The summed E-state index contributed by atoms with van der Waals surface area (Å²) >= 11 is 0. The summed E-state index contributed by atoms with van der Waals surface area (Å²) in [6.07, 6.45) is 5.90. The molecule has 5 rings (SSSR count). The van der Waals surface area contributed by atoms with Gasteiger partial charge in [-0.15, -0.1) is 10.2 Å². The first-order valence-corrected chi connectivity index (χ1v) is 12.9. The normalized spacial score (nSPS) is 11.1. The van der Waals surface area contributed by atoms with Crippen LogP contribution in [0.3, 0.4) is 0 Å². The van der Waals surface area contributed by atoms with Crippen molar-refractivity contribution >= 4 is 5.78 Å². The number of nitrogens with one attached hydrogen (secondary N) is 1. The van der Waals surface area contributed by atoms with Crippen molar-refractivity contribution < 1.29 is 4.79 Å². The zero-order chi connectivity index (χ0) is 26.5. The Hall–Kier alpha value is -4.59. The van der Waals surface area contributed by atoms with Crippen LogP contribution in [0.25, 0.3) is 28.2 Å². The van der Waals surface area contributed by atoms with Gasteiger partial charge in [-0.3, -0.25) is 13.9 Å². The Balaban J connectivity index is 1.49. The van der Waals surface area contributed by atoms with Crippen molar-refractivity contribution in [2.45, 2.75) is 46.1 Å². The summed E-state index contributed by atoms with van der Waals surface area (Å²) in [6.45, 7) is 4.14. The van der Waals surface area contributed by atoms with Gasteiger partial charge >= 0.3 is 5.69 Å². The molecule has 38 heavy (non-hydrogen) atoms. The van der Waals surface area contributed by atoms with Gasteiger partial charge in [-0.05, 0) is 53.8 Å². The second-order valence-electron chi connectivity index (χ2n) is 9.37. The first-order valence-electron chi connectivity index (χ1n) is 12.9. The Morgan fingerprint density at radius 2 is 1.66 bits per heavy atom. The average Bonchev–Trinajstić information content (AvgIpc) is 3.58. The third-order valence-corrected chi connectivity index (χ3v) is 6.76. The fourth-order valence-corrected chi connectivity index (χ4v) is 4.78. The number of ketones is 1. The summed E-state index contributed by atoms with van der Waals surface area (Å²) in [4.78, 5) is 25.9. The quantitative estimate of drug-likeness (QED) is 0.200. The van der Waals surface area contributed by atoms with Crippen LogP contribution in [0, 0.1) is 0 Å². The standard InChI is InChI=1S/C30H30N6O2/c1-3-4-5-10-24-20-36(28-14-9-8-11-25(28)21(2)37)30(38)35(24)19-22-15-17-23(18-16-22)26-12-6-7-13-27(26)29-31-33-34-32-29/h6-9,11-18,20H,3-5,10,19H2,1-2H3,(H,31,32,33,34). The van der Waals surface area contributed by atoms with E-state index in [2.05, 4.69) is 39.7 Å². The Labute approximate surface area is 221 Å². The molecule has 0 saturated carbocycles. The maximum absolute atomic E-state index is 13.7. The fourth-order valence-electron chi connectivity index (χ4n) is 4.78. The molecular weight excluding hydrogens is 476 g/mol. The van der Waals surface area contributed by atoms with Crippen LogP contribution in [0.1, 0.15) is 54.7 Å². The van der Waals surface area contributed by atoms with Crippen LogP contribution in [-0.4, -0.2) is 35.5 Å². The number of carbonyl (C=O) groups excluding carboxylic acids is 1. The molecule has 2 heterocycles. The van der Waals surface area contributed by atoms with Gasteiger partial charge in [0.1, 0.15) is 0 Å². The van der Waals surface area contributed by atoms with Crippen LogP contribution in [0.15, 0.2) is 83.8 Å². The Morgan fingerprint density at radius 3 is 2.37 bits per heavy atom. The van der Waals surface area contributed by atoms with Crippen LogP contribution < -0.4 is 5.69 Å². The summed E-state index contributed by atoms with van der Waals surface area (Å²) in [5.74, 6) is 0.476. The monoisotopic (exact) mass is 506 g/mol. The molecule has 1 N–H and O–H groups in total. The molecule has 3 aromatic carbocycles. The van der Waals surface area contributed by atoms with Crippen molar-refractivity contribution in [2.24, 2.45) is 0 Å². The van der Waals surface area contributed by atoms with Crippen molar-refractivity contribution in [1.82, 2.24) is 29.8 Å². The van der Waals surface area contributed by atoms with Crippen LogP contribution in [0.4, 0.5) is 0 Å². The molecule has 0 bridgehead atoms. The van der Waals surface area contributed by atoms with Crippen molar-refractivity contribution in [1.29, 1.82) is 0 Å². The second-order valence-corrected chi connectivity index (χ2v) is 9.37. The molecule has 0 saturated heterocycles. The number of aryl methyl sites for hydroxylation is 1. The lowest BCUT2D eigenvalue weighted by atomic mass is 9.98. The molecule has 0 unspecified atom stereocenters. The molecule has 8 heteroatoms. The van der Waals surface area contributed by atoms with Gasteiger partial charge < -0.3 is 0 Å². The predicted octanol–water partition coefficient (Wildman–Crippen LogP) is 5.47. The van der Waals surface area contributed by atoms with Crippen LogP contribution in [-0.2, 0) is 13.0 Å². The van der Waals surface area contributed by atoms with Gasteiger partial charge in [0.2, 0.25) is 5.82 Å². The van der Waals surface area contributed by atoms with E-state index in [1.165, 1.54) is 6.92 Å². The van der Waals surface area contributed by atoms with Gasteiger partial charge in [0.25, 0.3) is 0 Å². The van der Waals surface area contributed by atoms with Gasteiger partial charge in [-0.1, -0.05) is 80.4 Å². The van der Waals surface area contributed by atoms with E-state index in [1.807, 2.05) is 65.4 Å². The molecule has 0 radical (unpaired) electrons. The van der Waals surface area contributed by atoms with E-state index in [-0.39, 0.29) is 11.5 Å². The highest BCUT2D eigenvalue weighted by molar-refractivity contribution is 5.97. The molecule has 0 amide bonds. The molecule has 0 aliphatic heterocycles. The van der Waals surface area contributed by atoms with Crippen molar-refractivity contribution in [3.05, 3.63) is 106 Å². The first-order chi connectivity index (χ1) is 18.6. The number of hydrogen-bond acceptors (Lipinski definition) is 5. The number of carbonyl (C=O) groups is 1. The molecule has 0 aliphatic carbocycles. The molecule has 8 nitrogen and oxygen atoms in total. The number of nitrogens with zero attached hydrogens (tertiary/aromatic N) is 5. The number of aromatic nitrogens is 6. The number of aromatic amines is 1. The highest BCUT2D eigenvalue weighted by atomic mass is 16.2. The van der Waals surface area contributed by atoms with Gasteiger partial charge in [0.15, 0.2) is 5.78 Å². The zero-order valence-corrected chi connectivity index (χ0v) is 21.6. The van der Waals surface area contributed by atoms with E-state index in [0.29, 0.717) is 23.6 Å². The van der Waals surface area contributed by atoms with E-state index < -0.39 is 0 Å². The highest BCUT2D eigenvalue weighted by Crippen LogP contribution is 2.30. The minimum Gasteiger partial charge on any atom is -0.294 e. The summed E-state index contributed by atoms with van der Waals surface area (Å²) in [5.41, 5.74) is 5.92. The smallest absolute Gasteiger partial charge is 0.294 e. The Bertz CT molecular complexity index is 1600. The SMILES string of the molecule is CCCCCc1cn(-c2ccccc2C(C)=O)c(=O)n1Cc1ccc(-c2ccccc2-c2nn[nH]n2)cc1. The minimum absolute atomic E-state index is 0.0653. The summed E-state index contributed by atoms with van der Waals surface area (Å²) in [6, 6.07) is 23.4. The van der Waals surface area contributed by atoms with E-state index >= 15 is 0 Å². The summed E-state index contributed by atoms with van der Waals surface area (Å²) < 4.78 is 3.45. The number of H-pyrrole nitrogens is 1. The zero-order valence-electron chi connectivity index (χ0n) is 21.6. The lowest BCUT2D eigenvalue weighted by Gasteiger charge is -2.10. The Kier molecular flexibility index (Phi) is 7.40. The number of hydrogen-bond donors (Lipinski definition) is 1. The van der Waals surface area contributed by atoms with E-state index in [9.17, 15) is 9.59 Å². The minimum atomic E-state index is -0.142. The molecule has 0 spiro atoms. The van der Waals surface area contributed by atoms with Gasteiger partial charge in [-0.2, -0.15) is 5.21 Å². The summed E-state index contributed by atoms with van der Waals surface area (Å²) in [7, 11) is 0. The molecule has 5 aromatic rings. The lowest BCUT2D eigenvalue weighted by Crippen LogP contribution is -2.25. The first kappa shape index (κ1) is 25.1. The van der Waals surface area contributed by atoms with E-state index in [0.717, 1.165) is 53.6 Å². The third kappa shape index (κ3) is 5.11. The van der Waals surface area contributed by atoms with E-state index in [1.54, 1.807) is 10.6 Å². The number of benzene rings is 3. The molecule has 0 fully saturated rings. The van der Waals surface area contributed by atoms with Crippen LogP contribution in [0.5, 0.6) is 0 Å². The topological polar surface area (TPSA) is 98.5 Å². The Morgan fingerprint density at radius 1 is 0.921 bits per heavy atom. The fraction of sp³-hybridized carbons (Fsp3) is 0.233. The maximum atomic E-state index is 13.7. The number of unbranched alkanes of at least 4 members (excludes halogenated alkanes) is 2. The molecule has 192 valence electrons. The largest absolute Gasteiger partial charge is 0.333 e. The number of rotatable bonds is 10. The molecule has 0 atom stereocenters. The highest BCUT2D eigenvalue weighted by Gasteiger charge is 2.17. The van der Waals surface area contributed by atoms with E-state index in [4.69, 9.17) is 0 Å². The van der Waals surface area contributed by atoms with Crippen molar-refractivity contribution in [3.8, 4) is 28.2 Å². The maximum Gasteiger partial charge on any atom is 0.333 e. The van der Waals surface area contributed by atoms with Crippen LogP contribution in [0.2, 0.25) is 0 Å². The molecule has 2 aromatic heterocycles. The number of tetrazole rings is 1. The van der Waals surface area contributed by atoms with Gasteiger partial charge in [0, 0.05) is 23.0 Å².